The molecule has 1 amide bonds. The summed E-state index contributed by atoms with van der Waals surface area (Å²) in [5.41, 5.74) is 4.50. The van der Waals surface area contributed by atoms with Crippen LogP contribution in [0.4, 0.5) is 0 Å². The Morgan fingerprint density at radius 3 is 1.57 bits per heavy atom. The number of carbonyl (C=O) groups is 2. The number of hydrogen-bond acceptors (Lipinski definition) is 3. The molecule has 0 heterocycles. The Balaban J connectivity index is -0.0000000576. The van der Waals surface area contributed by atoms with E-state index in [1.807, 2.05) is 0 Å². The quantitative estimate of drug-likeness (QED) is 0.567. The van der Waals surface area contributed by atoms with Gasteiger partial charge in [0.25, 0.3) is 0 Å². The normalized spacial score (nSPS) is 5.64. The summed E-state index contributed by atoms with van der Waals surface area (Å²) in [6, 6.07) is 0. The molecule has 0 aliphatic carbocycles. The third-order valence-electron chi connectivity index (χ3n) is 0.606. The topological polar surface area (TPSA) is 92.4 Å². The van der Waals surface area contributed by atoms with Crippen molar-refractivity contribution in [2.75, 3.05) is 14.1 Å². The highest BCUT2D eigenvalue weighted by Crippen LogP contribution is 1.56. The van der Waals surface area contributed by atoms with E-state index in [2.05, 4.69) is 24.2 Å². The number of likely N-dealkylation sites (N-methyl/N-ethyl adjacent to an activating group) is 1. The van der Waals surface area contributed by atoms with Gasteiger partial charge in [-0.3, -0.25) is 4.79 Å². The zero-order valence-corrected chi connectivity index (χ0v) is 7.91. The Kier molecular flexibility index (Phi) is 36.7. The lowest BCUT2D eigenvalue weighted by Gasteiger charge is -1.82. The van der Waals surface area contributed by atoms with Crippen LogP contribution >= 0.6 is 0 Å². The van der Waals surface area contributed by atoms with E-state index in [1.54, 1.807) is 7.05 Å². The summed E-state index contributed by atoms with van der Waals surface area (Å²) in [5.74, 6) is -1.12. The Hall–Kier alpha value is -1.62. The Labute approximate surface area is 85.3 Å². The number of hydrogen-bond donors (Lipinski definition) is 3. The molecular weight excluding hydrogens is 184 g/mol. The van der Waals surface area contributed by atoms with Crippen LogP contribution in [0.5, 0.6) is 0 Å². The van der Waals surface area contributed by atoms with Crippen LogP contribution in [0.1, 0.15) is 7.43 Å². The SMILES string of the molecule is C.C=CC(=O)NC.C=CC(=O)O.CN. The fraction of sp³-hybridized carbons (Fsp3) is 0.333. The molecule has 0 atom stereocenters. The monoisotopic (exact) mass is 204 g/mol. The maximum absolute atomic E-state index is 9.95. The Morgan fingerprint density at radius 2 is 1.57 bits per heavy atom. The molecule has 0 aromatic carbocycles. The minimum atomic E-state index is -0.981. The van der Waals surface area contributed by atoms with Gasteiger partial charge in [-0.05, 0) is 13.1 Å². The average molecular weight is 204 g/mol. The van der Waals surface area contributed by atoms with Crippen LogP contribution in [0.2, 0.25) is 0 Å². The van der Waals surface area contributed by atoms with Crippen molar-refractivity contribution in [3.05, 3.63) is 25.3 Å². The number of carboxylic acids is 1. The van der Waals surface area contributed by atoms with Crippen LogP contribution in [0.3, 0.4) is 0 Å². The third kappa shape index (κ3) is 47.6. The first-order valence-electron chi connectivity index (χ1n) is 3.35. The molecule has 0 bridgehead atoms. The predicted octanol–water partition coefficient (Wildman–Crippen LogP) is 0.386. The van der Waals surface area contributed by atoms with Gasteiger partial charge in [0.05, 0.1) is 0 Å². The molecule has 4 N–H and O–H groups in total. The molecule has 0 unspecified atom stereocenters. The molecule has 0 aliphatic rings. The first kappa shape index (κ1) is 22.8. The van der Waals surface area contributed by atoms with E-state index in [0.717, 1.165) is 6.08 Å². The van der Waals surface area contributed by atoms with Crippen LogP contribution in [-0.2, 0) is 9.59 Å². The lowest BCUT2D eigenvalue weighted by molar-refractivity contribution is -0.131. The molecule has 0 aliphatic heterocycles. The van der Waals surface area contributed by atoms with Gasteiger partial charge in [-0.25, -0.2) is 4.79 Å². The van der Waals surface area contributed by atoms with Gasteiger partial charge >= 0.3 is 5.97 Å². The molecule has 5 heteroatoms. The summed E-state index contributed by atoms with van der Waals surface area (Å²) in [6.07, 6.45) is 2.06. The Morgan fingerprint density at radius 1 is 1.29 bits per heavy atom. The minimum Gasteiger partial charge on any atom is -0.478 e. The van der Waals surface area contributed by atoms with Crippen LogP contribution in [0, 0.1) is 0 Å². The van der Waals surface area contributed by atoms with Gasteiger partial charge in [0.1, 0.15) is 0 Å². The zero-order valence-electron chi connectivity index (χ0n) is 7.91. The van der Waals surface area contributed by atoms with E-state index in [1.165, 1.54) is 13.1 Å². The third-order valence-corrected chi connectivity index (χ3v) is 0.606. The highest BCUT2D eigenvalue weighted by molar-refractivity contribution is 5.86. The fourth-order valence-corrected chi connectivity index (χ4v) is 0.102. The first-order chi connectivity index (χ1) is 6.08. The van der Waals surface area contributed by atoms with Crippen LogP contribution in [0.25, 0.3) is 0 Å². The molecule has 0 aromatic rings. The number of amides is 1. The van der Waals surface area contributed by atoms with Gasteiger partial charge in [-0.15, -0.1) is 0 Å². The highest BCUT2D eigenvalue weighted by atomic mass is 16.4. The van der Waals surface area contributed by atoms with E-state index in [0.29, 0.717) is 0 Å². The number of aliphatic carboxylic acids is 1. The molecule has 0 saturated carbocycles. The lowest BCUT2D eigenvalue weighted by Crippen LogP contribution is -2.13. The molecule has 0 radical (unpaired) electrons. The van der Waals surface area contributed by atoms with Crippen molar-refractivity contribution in [1.82, 2.24) is 5.32 Å². The summed E-state index contributed by atoms with van der Waals surface area (Å²) in [6.45, 7) is 6.18. The van der Waals surface area contributed by atoms with Crippen molar-refractivity contribution < 1.29 is 14.7 Å². The molecule has 0 rings (SSSR count). The minimum absolute atomic E-state index is 0. The van der Waals surface area contributed by atoms with Crippen molar-refractivity contribution in [1.29, 1.82) is 0 Å². The zero-order chi connectivity index (χ0) is 11.3. The summed E-state index contributed by atoms with van der Waals surface area (Å²) < 4.78 is 0. The maximum Gasteiger partial charge on any atom is 0.327 e. The van der Waals surface area contributed by atoms with E-state index in [4.69, 9.17) is 5.11 Å². The number of nitrogens with one attached hydrogen (secondary N) is 1. The van der Waals surface area contributed by atoms with Gasteiger partial charge in [0.15, 0.2) is 0 Å². The van der Waals surface area contributed by atoms with Gasteiger partial charge in [0.2, 0.25) is 5.91 Å². The van der Waals surface area contributed by atoms with E-state index >= 15 is 0 Å². The van der Waals surface area contributed by atoms with E-state index in [-0.39, 0.29) is 13.3 Å². The van der Waals surface area contributed by atoms with Gasteiger partial charge in [-0.1, -0.05) is 20.6 Å². The summed E-state index contributed by atoms with van der Waals surface area (Å²) in [5, 5.41) is 9.96. The van der Waals surface area contributed by atoms with Crippen LogP contribution < -0.4 is 11.1 Å². The second-order valence-corrected chi connectivity index (χ2v) is 1.36. The molecule has 5 nitrogen and oxygen atoms in total. The molecule has 14 heavy (non-hydrogen) atoms. The smallest absolute Gasteiger partial charge is 0.327 e. The van der Waals surface area contributed by atoms with Crippen LogP contribution in [0.15, 0.2) is 25.3 Å². The summed E-state index contributed by atoms with van der Waals surface area (Å²) in [4.78, 5) is 19.2. The second-order valence-electron chi connectivity index (χ2n) is 1.36. The number of carboxylic acid groups (broad SMARTS) is 1. The van der Waals surface area contributed by atoms with E-state index in [9.17, 15) is 9.59 Å². The van der Waals surface area contributed by atoms with Crippen molar-refractivity contribution in [2.45, 2.75) is 7.43 Å². The first-order valence-corrected chi connectivity index (χ1v) is 3.35. The Bertz CT molecular complexity index is 167. The molecule has 0 spiro atoms. The standard InChI is InChI=1S/C4H7NO.C3H4O2.CH5N.CH4/c1-3-4(6)5-2;1-2-3(4)5;1-2;/h3H,1H2,2H3,(H,5,6);2H,1H2,(H,4,5);2H2,1H3;1H4. The summed E-state index contributed by atoms with van der Waals surface area (Å²) >= 11 is 0. The fourth-order valence-electron chi connectivity index (χ4n) is 0.102. The number of nitrogens with two attached hydrogens (primary N) is 1. The molecule has 84 valence electrons. The van der Waals surface area contributed by atoms with Crippen LogP contribution in [-0.4, -0.2) is 31.1 Å². The largest absolute Gasteiger partial charge is 0.478 e. The van der Waals surface area contributed by atoms with Crippen molar-refractivity contribution in [3.8, 4) is 0 Å². The van der Waals surface area contributed by atoms with Crippen molar-refractivity contribution in [3.63, 3.8) is 0 Å². The van der Waals surface area contributed by atoms with Crippen molar-refractivity contribution in [2.24, 2.45) is 5.73 Å². The lowest BCUT2D eigenvalue weighted by atomic mass is 10.6. The molecule has 0 fully saturated rings. The van der Waals surface area contributed by atoms with E-state index < -0.39 is 5.97 Å². The number of carbonyl (C=O) groups excluding carboxylic acids is 1. The van der Waals surface area contributed by atoms with Gasteiger partial charge < -0.3 is 16.2 Å². The molecule has 0 saturated heterocycles. The van der Waals surface area contributed by atoms with Crippen molar-refractivity contribution >= 4 is 11.9 Å². The number of rotatable bonds is 2. The average Bonchev–Trinajstić information content (AvgIpc) is 2.20. The highest BCUT2D eigenvalue weighted by Gasteiger charge is 1.78. The summed E-state index contributed by atoms with van der Waals surface area (Å²) in [7, 11) is 3.06. The van der Waals surface area contributed by atoms with Gasteiger partial charge in [0, 0.05) is 13.1 Å². The van der Waals surface area contributed by atoms with Gasteiger partial charge in [-0.2, -0.15) is 0 Å². The second kappa shape index (κ2) is 22.5. The predicted molar refractivity (Wildman–Crippen MR) is 58.9 cm³/mol. The molecule has 0 aromatic heterocycles. The molecular formula is C9H20N2O3. The maximum atomic E-state index is 9.95.